The van der Waals surface area contributed by atoms with Crippen LogP contribution >= 0.6 is 0 Å². The van der Waals surface area contributed by atoms with Gasteiger partial charge in [-0.05, 0) is 44.4 Å². The molecule has 0 aromatic heterocycles. The predicted molar refractivity (Wildman–Crippen MR) is 71.0 cm³/mol. The summed E-state index contributed by atoms with van der Waals surface area (Å²) in [5, 5.41) is 0. The van der Waals surface area contributed by atoms with E-state index in [0.29, 0.717) is 18.9 Å². The minimum absolute atomic E-state index is 0.203. The Morgan fingerprint density at radius 1 is 1.33 bits per heavy atom. The lowest BCUT2D eigenvalue weighted by molar-refractivity contribution is -0.131. The van der Waals surface area contributed by atoms with Crippen molar-refractivity contribution in [2.45, 2.75) is 51.0 Å². The zero-order valence-corrected chi connectivity index (χ0v) is 11.1. The second-order valence-corrected chi connectivity index (χ2v) is 5.45. The van der Waals surface area contributed by atoms with Crippen molar-refractivity contribution in [3.8, 4) is 12.3 Å². The molecule has 1 aliphatic heterocycles. The van der Waals surface area contributed by atoms with Crippen molar-refractivity contribution in [1.29, 1.82) is 0 Å². The molecular formula is C15H23NO2. The molecular weight excluding hydrogens is 226 g/mol. The highest BCUT2D eigenvalue weighted by molar-refractivity contribution is 5.76. The van der Waals surface area contributed by atoms with Gasteiger partial charge in [0.05, 0.1) is 12.6 Å². The number of carbonyl (C=O) groups is 1. The molecule has 1 heterocycles. The summed E-state index contributed by atoms with van der Waals surface area (Å²) in [5.41, 5.74) is 0. The van der Waals surface area contributed by atoms with Gasteiger partial charge in [-0.25, -0.2) is 0 Å². The van der Waals surface area contributed by atoms with Gasteiger partial charge in [0, 0.05) is 19.6 Å². The molecule has 3 nitrogen and oxygen atoms in total. The van der Waals surface area contributed by atoms with E-state index in [-0.39, 0.29) is 12.0 Å². The molecule has 1 saturated carbocycles. The molecule has 18 heavy (non-hydrogen) atoms. The van der Waals surface area contributed by atoms with E-state index in [1.54, 1.807) is 0 Å². The fraction of sp³-hybridized carbons (Fsp3) is 0.800. The van der Waals surface area contributed by atoms with Crippen molar-refractivity contribution >= 4 is 5.91 Å². The zero-order valence-electron chi connectivity index (χ0n) is 11.1. The van der Waals surface area contributed by atoms with Crippen molar-refractivity contribution in [3.63, 3.8) is 0 Å². The standard InChI is InChI=1S/C15H23NO2/c1-2-10-16(12-13-6-7-13)15(17)9-8-14-5-3-4-11-18-14/h1,13-14H,3-12H2. The van der Waals surface area contributed by atoms with Crippen LogP contribution in [0.1, 0.15) is 44.9 Å². The fourth-order valence-corrected chi connectivity index (χ4v) is 2.45. The summed E-state index contributed by atoms with van der Waals surface area (Å²) >= 11 is 0. The molecule has 2 fully saturated rings. The number of ether oxygens (including phenoxy) is 1. The summed E-state index contributed by atoms with van der Waals surface area (Å²) in [5.74, 6) is 3.50. The highest BCUT2D eigenvalue weighted by Crippen LogP contribution is 2.30. The molecule has 0 radical (unpaired) electrons. The Hall–Kier alpha value is -1.01. The first-order valence-corrected chi connectivity index (χ1v) is 7.12. The number of hydrogen-bond acceptors (Lipinski definition) is 2. The van der Waals surface area contributed by atoms with Gasteiger partial charge < -0.3 is 9.64 Å². The van der Waals surface area contributed by atoms with E-state index >= 15 is 0 Å². The van der Waals surface area contributed by atoms with Crippen molar-refractivity contribution in [2.75, 3.05) is 19.7 Å². The molecule has 0 aromatic rings. The number of carbonyl (C=O) groups excluding carboxylic acids is 1. The molecule has 0 bridgehead atoms. The monoisotopic (exact) mass is 249 g/mol. The molecule has 0 aromatic carbocycles. The maximum absolute atomic E-state index is 12.1. The van der Waals surface area contributed by atoms with Gasteiger partial charge in [0.25, 0.3) is 0 Å². The summed E-state index contributed by atoms with van der Waals surface area (Å²) < 4.78 is 5.65. The second kappa shape index (κ2) is 6.80. The second-order valence-electron chi connectivity index (χ2n) is 5.45. The normalized spacial score (nSPS) is 23.4. The van der Waals surface area contributed by atoms with Crippen molar-refractivity contribution in [1.82, 2.24) is 4.90 Å². The van der Waals surface area contributed by atoms with E-state index in [1.807, 2.05) is 4.90 Å². The number of terminal acetylenes is 1. The number of nitrogens with zero attached hydrogens (tertiary/aromatic N) is 1. The minimum Gasteiger partial charge on any atom is -0.378 e. The van der Waals surface area contributed by atoms with Crippen LogP contribution in [-0.2, 0) is 9.53 Å². The molecule has 0 N–H and O–H groups in total. The van der Waals surface area contributed by atoms with E-state index in [1.165, 1.54) is 19.3 Å². The van der Waals surface area contributed by atoms with Gasteiger partial charge in [0.15, 0.2) is 0 Å². The third kappa shape index (κ3) is 4.34. The van der Waals surface area contributed by atoms with Crippen LogP contribution in [0.4, 0.5) is 0 Å². The molecule has 3 heteroatoms. The third-order valence-corrected chi connectivity index (χ3v) is 3.76. The number of hydrogen-bond donors (Lipinski definition) is 0. The van der Waals surface area contributed by atoms with Crippen LogP contribution in [-0.4, -0.2) is 36.6 Å². The average molecular weight is 249 g/mol. The quantitative estimate of drug-likeness (QED) is 0.675. The maximum Gasteiger partial charge on any atom is 0.223 e. The van der Waals surface area contributed by atoms with E-state index in [9.17, 15) is 4.79 Å². The SMILES string of the molecule is C#CCN(CC1CC1)C(=O)CCC1CCCCO1. The Balaban J connectivity index is 1.71. The third-order valence-electron chi connectivity index (χ3n) is 3.76. The van der Waals surface area contributed by atoms with Gasteiger partial charge in [-0.3, -0.25) is 4.79 Å². The summed E-state index contributed by atoms with van der Waals surface area (Å²) in [7, 11) is 0. The molecule has 1 aliphatic carbocycles. The van der Waals surface area contributed by atoms with Crippen LogP contribution in [0.2, 0.25) is 0 Å². The van der Waals surface area contributed by atoms with Crippen molar-refractivity contribution < 1.29 is 9.53 Å². The van der Waals surface area contributed by atoms with E-state index in [2.05, 4.69) is 5.92 Å². The van der Waals surface area contributed by atoms with Gasteiger partial charge in [0.2, 0.25) is 5.91 Å². The zero-order chi connectivity index (χ0) is 12.8. The Labute approximate surface area is 110 Å². The van der Waals surface area contributed by atoms with Crippen molar-refractivity contribution in [3.05, 3.63) is 0 Å². The first-order valence-electron chi connectivity index (χ1n) is 7.12. The summed E-state index contributed by atoms with van der Waals surface area (Å²) in [4.78, 5) is 14.0. The number of amides is 1. The minimum atomic E-state index is 0.203. The van der Waals surface area contributed by atoms with Gasteiger partial charge in [0.1, 0.15) is 0 Å². The van der Waals surface area contributed by atoms with Gasteiger partial charge in [-0.1, -0.05) is 5.92 Å². The first-order chi connectivity index (χ1) is 8.79. The van der Waals surface area contributed by atoms with E-state index in [4.69, 9.17) is 11.2 Å². The lowest BCUT2D eigenvalue weighted by Crippen LogP contribution is -2.34. The van der Waals surface area contributed by atoms with Gasteiger partial charge in [-0.2, -0.15) is 0 Å². The van der Waals surface area contributed by atoms with Crippen LogP contribution in [0.25, 0.3) is 0 Å². The van der Waals surface area contributed by atoms with Crippen LogP contribution < -0.4 is 0 Å². The van der Waals surface area contributed by atoms with Gasteiger partial charge >= 0.3 is 0 Å². The molecule has 1 saturated heterocycles. The smallest absolute Gasteiger partial charge is 0.223 e. The molecule has 100 valence electrons. The molecule has 1 unspecified atom stereocenters. The summed E-state index contributed by atoms with van der Waals surface area (Å²) in [6, 6.07) is 0. The topological polar surface area (TPSA) is 29.5 Å². The molecule has 0 spiro atoms. The molecule has 1 atom stereocenters. The predicted octanol–water partition coefficient (Wildman–Crippen LogP) is 2.21. The Bertz CT molecular complexity index is 311. The van der Waals surface area contributed by atoms with E-state index in [0.717, 1.165) is 32.4 Å². The highest BCUT2D eigenvalue weighted by Gasteiger charge is 2.26. The lowest BCUT2D eigenvalue weighted by Gasteiger charge is -2.24. The maximum atomic E-state index is 12.1. The fourth-order valence-electron chi connectivity index (χ4n) is 2.45. The highest BCUT2D eigenvalue weighted by atomic mass is 16.5. The molecule has 2 rings (SSSR count). The summed E-state index contributed by atoms with van der Waals surface area (Å²) in [6.45, 7) is 2.17. The van der Waals surface area contributed by atoms with Crippen LogP contribution in [0, 0.1) is 18.3 Å². The largest absolute Gasteiger partial charge is 0.378 e. The van der Waals surface area contributed by atoms with Crippen LogP contribution in [0.5, 0.6) is 0 Å². The Kier molecular flexibility index (Phi) is 5.07. The van der Waals surface area contributed by atoms with Crippen LogP contribution in [0.3, 0.4) is 0 Å². The lowest BCUT2D eigenvalue weighted by atomic mass is 10.0. The average Bonchev–Trinajstić information content (AvgIpc) is 3.21. The summed E-state index contributed by atoms with van der Waals surface area (Å²) in [6.07, 6.45) is 13.1. The first kappa shape index (κ1) is 13.4. The van der Waals surface area contributed by atoms with E-state index < -0.39 is 0 Å². The molecule has 1 amide bonds. The van der Waals surface area contributed by atoms with Gasteiger partial charge in [-0.15, -0.1) is 6.42 Å². The Morgan fingerprint density at radius 3 is 2.78 bits per heavy atom. The Morgan fingerprint density at radius 2 is 2.17 bits per heavy atom. The number of rotatable bonds is 6. The van der Waals surface area contributed by atoms with Crippen molar-refractivity contribution in [2.24, 2.45) is 5.92 Å². The molecule has 2 aliphatic rings. The van der Waals surface area contributed by atoms with Crippen LogP contribution in [0.15, 0.2) is 0 Å².